The molecule has 0 aliphatic rings. The van der Waals surface area contributed by atoms with Gasteiger partial charge in [-0.15, -0.1) is 0 Å². The van der Waals surface area contributed by atoms with Crippen LogP contribution in [0.15, 0.2) is 12.1 Å². The molecule has 0 unspecified atom stereocenters. The Labute approximate surface area is 92.0 Å². The lowest BCUT2D eigenvalue weighted by Crippen LogP contribution is -2.12. The number of aryl methyl sites for hydroxylation is 1. The van der Waals surface area contributed by atoms with Crippen LogP contribution < -0.4 is 9.47 Å². The predicted molar refractivity (Wildman–Crippen MR) is 54.0 cm³/mol. The lowest BCUT2D eigenvalue weighted by molar-refractivity contribution is -0.127. The van der Waals surface area contributed by atoms with E-state index in [1.54, 1.807) is 13.0 Å². The van der Waals surface area contributed by atoms with E-state index in [2.05, 4.69) is 0 Å². The van der Waals surface area contributed by atoms with E-state index in [4.69, 9.17) is 9.47 Å². The molecule has 0 N–H and O–H groups in total. The Morgan fingerprint density at radius 2 is 1.56 bits per heavy atom. The molecular weight excluding hydrogens is 221 g/mol. The van der Waals surface area contributed by atoms with Crippen LogP contribution in [0.3, 0.4) is 0 Å². The third kappa shape index (κ3) is 3.05. The van der Waals surface area contributed by atoms with Gasteiger partial charge < -0.3 is 9.47 Å². The highest BCUT2D eigenvalue weighted by Crippen LogP contribution is 2.33. The molecule has 0 radical (unpaired) electrons. The van der Waals surface area contributed by atoms with Crippen LogP contribution in [0.25, 0.3) is 0 Å². The fourth-order valence-electron chi connectivity index (χ4n) is 1.43. The van der Waals surface area contributed by atoms with E-state index in [9.17, 15) is 13.2 Å². The van der Waals surface area contributed by atoms with Gasteiger partial charge in [-0.2, -0.15) is 13.2 Å². The summed E-state index contributed by atoms with van der Waals surface area (Å²) < 4.78 is 46.8. The van der Waals surface area contributed by atoms with E-state index >= 15 is 0 Å². The Kier molecular flexibility index (Phi) is 3.67. The molecule has 0 spiro atoms. The molecule has 5 heteroatoms. The van der Waals surface area contributed by atoms with E-state index in [0.717, 1.165) is 0 Å². The molecule has 0 saturated heterocycles. The Bertz CT molecular complexity index is 372. The topological polar surface area (TPSA) is 18.5 Å². The van der Waals surface area contributed by atoms with E-state index in [1.165, 1.54) is 20.3 Å². The maximum absolute atomic E-state index is 12.3. The predicted octanol–water partition coefficient (Wildman–Crippen LogP) is 3.12. The molecule has 2 nitrogen and oxygen atoms in total. The van der Waals surface area contributed by atoms with Crippen molar-refractivity contribution in [2.45, 2.75) is 19.5 Å². The largest absolute Gasteiger partial charge is 0.493 e. The zero-order valence-electron chi connectivity index (χ0n) is 9.31. The summed E-state index contributed by atoms with van der Waals surface area (Å²) >= 11 is 0. The standard InChI is InChI=1S/C11H13F3O2/c1-7-4-9(15-2)10(16-3)5-8(7)6-11(12,13)14/h4-5H,6H2,1-3H3. The highest BCUT2D eigenvalue weighted by atomic mass is 19.4. The summed E-state index contributed by atoms with van der Waals surface area (Å²) in [6.07, 6.45) is -5.18. The molecule has 0 heterocycles. The maximum Gasteiger partial charge on any atom is 0.393 e. The number of benzene rings is 1. The summed E-state index contributed by atoms with van der Waals surface area (Å²) in [7, 11) is 2.84. The summed E-state index contributed by atoms with van der Waals surface area (Å²) in [5, 5.41) is 0. The molecule has 0 aliphatic heterocycles. The van der Waals surface area contributed by atoms with Crippen LogP contribution in [0, 0.1) is 6.92 Å². The molecule has 16 heavy (non-hydrogen) atoms. The normalized spacial score (nSPS) is 11.4. The Morgan fingerprint density at radius 1 is 1.06 bits per heavy atom. The molecule has 0 amide bonds. The van der Waals surface area contributed by atoms with Crippen LogP contribution in [0.1, 0.15) is 11.1 Å². The number of methoxy groups -OCH3 is 2. The lowest BCUT2D eigenvalue weighted by Gasteiger charge is -2.14. The summed E-state index contributed by atoms with van der Waals surface area (Å²) in [4.78, 5) is 0. The maximum atomic E-state index is 12.3. The van der Waals surface area contributed by atoms with Gasteiger partial charge in [0.05, 0.1) is 20.6 Å². The first-order chi connectivity index (χ1) is 7.37. The van der Waals surface area contributed by atoms with E-state index in [-0.39, 0.29) is 5.56 Å². The number of alkyl halides is 3. The Balaban J connectivity index is 3.11. The van der Waals surface area contributed by atoms with Crippen molar-refractivity contribution in [3.63, 3.8) is 0 Å². The second-order valence-electron chi connectivity index (χ2n) is 3.43. The molecule has 90 valence electrons. The smallest absolute Gasteiger partial charge is 0.393 e. The van der Waals surface area contributed by atoms with Gasteiger partial charge in [-0.05, 0) is 30.2 Å². The Morgan fingerprint density at radius 3 is 2.00 bits per heavy atom. The molecule has 1 rings (SSSR count). The van der Waals surface area contributed by atoms with E-state index < -0.39 is 12.6 Å². The summed E-state index contributed by atoms with van der Waals surface area (Å²) in [5.74, 6) is 0.748. The van der Waals surface area contributed by atoms with Crippen molar-refractivity contribution in [1.29, 1.82) is 0 Å². The fourth-order valence-corrected chi connectivity index (χ4v) is 1.43. The van der Waals surface area contributed by atoms with Gasteiger partial charge in [-0.1, -0.05) is 0 Å². The first kappa shape index (κ1) is 12.7. The molecule has 0 aromatic heterocycles. The minimum absolute atomic E-state index is 0.199. The minimum atomic E-state index is -4.22. The molecule has 0 bridgehead atoms. The van der Waals surface area contributed by atoms with Crippen LogP contribution in [-0.4, -0.2) is 20.4 Å². The number of hydrogen-bond acceptors (Lipinski definition) is 2. The van der Waals surface area contributed by atoms with Gasteiger partial charge in [0.15, 0.2) is 11.5 Å². The average Bonchev–Trinajstić information content (AvgIpc) is 2.18. The van der Waals surface area contributed by atoms with Crippen LogP contribution >= 0.6 is 0 Å². The second-order valence-corrected chi connectivity index (χ2v) is 3.43. The molecule has 1 aromatic carbocycles. The van der Waals surface area contributed by atoms with Crippen LogP contribution in [0.5, 0.6) is 11.5 Å². The highest BCUT2D eigenvalue weighted by molar-refractivity contribution is 5.47. The van der Waals surface area contributed by atoms with Crippen molar-refractivity contribution in [2.24, 2.45) is 0 Å². The van der Waals surface area contributed by atoms with Crippen LogP contribution in [0.2, 0.25) is 0 Å². The van der Waals surface area contributed by atoms with E-state index in [1.807, 2.05) is 0 Å². The Hall–Kier alpha value is -1.39. The third-order valence-corrected chi connectivity index (χ3v) is 2.23. The summed E-state index contributed by atoms with van der Waals surface area (Å²) in [6, 6.07) is 2.90. The van der Waals surface area contributed by atoms with Gasteiger partial charge >= 0.3 is 6.18 Å². The number of hydrogen-bond donors (Lipinski definition) is 0. The zero-order chi connectivity index (χ0) is 12.3. The highest BCUT2D eigenvalue weighted by Gasteiger charge is 2.29. The monoisotopic (exact) mass is 234 g/mol. The average molecular weight is 234 g/mol. The summed E-state index contributed by atoms with van der Waals surface area (Å²) in [6.45, 7) is 1.61. The number of ether oxygens (including phenoxy) is 2. The van der Waals surface area contributed by atoms with Crippen molar-refractivity contribution >= 4 is 0 Å². The minimum Gasteiger partial charge on any atom is -0.493 e. The SMILES string of the molecule is COc1cc(C)c(CC(F)(F)F)cc1OC. The third-order valence-electron chi connectivity index (χ3n) is 2.23. The molecule has 0 aliphatic carbocycles. The number of rotatable bonds is 3. The molecule has 0 fully saturated rings. The van der Waals surface area contributed by atoms with Crippen molar-refractivity contribution in [1.82, 2.24) is 0 Å². The van der Waals surface area contributed by atoms with Crippen LogP contribution in [0.4, 0.5) is 13.2 Å². The van der Waals surface area contributed by atoms with Gasteiger partial charge in [0.25, 0.3) is 0 Å². The summed E-state index contributed by atoms with van der Waals surface area (Å²) in [5.41, 5.74) is 0.736. The van der Waals surface area contributed by atoms with Crippen molar-refractivity contribution in [3.8, 4) is 11.5 Å². The van der Waals surface area contributed by atoms with Gasteiger partial charge in [0.1, 0.15) is 0 Å². The first-order valence-corrected chi connectivity index (χ1v) is 4.65. The molecule has 0 atom stereocenters. The van der Waals surface area contributed by atoms with Crippen molar-refractivity contribution in [2.75, 3.05) is 14.2 Å². The lowest BCUT2D eigenvalue weighted by atomic mass is 10.0. The fraction of sp³-hybridized carbons (Fsp3) is 0.455. The van der Waals surface area contributed by atoms with Gasteiger partial charge in [0, 0.05) is 0 Å². The van der Waals surface area contributed by atoms with Gasteiger partial charge in [0.2, 0.25) is 0 Å². The van der Waals surface area contributed by atoms with E-state index in [0.29, 0.717) is 17.1 Å². The number of halogens is 3. The molecular formula is C11H13F3O2. The molecule has 0 saturated carbocycles. The van der Waals surface area contributed by atoms with Gasteiger partial charge in [-0.25, -0.2) is 0 Å². The van der Waals surface area contributed by atoms with Crippen molar-refractivity contribution < 1.29 is 22.6 Å². The zero-order valence-corrected chi connectivity index (χ0v) is 9.31. The van der Waals surface area contributed by atoms with Gasteiger partial charge in [-0.3, -0.25) is 0 Å². The second kappa shape index (κ2) is 4.63. The van der Waals surface area contributed by atoms with Crippen LogP contribution in [-0.2, 0) is 6.42 Å². The van der Waals surface area contributed by atoms with Crippen molar-refractivity contribution in [3.05, 3.63) is 23.3 Å². The molecule has 1 aromatic rings. The quantitative estimate of drug-likeness (QED) is 0.800. The first-order valence-electron chi connectivity index (χ1n) is 4.65.